The Hall–Kier alpha value is -3.24. The number of pyridine rings is 1. The van der Waals surface area contributed by atoms with Crippen molar-refractivity contribution in [1.82, 2.24) is 9.88 Å². The monoisotopic (exact) mass is 603 g/mol. The molecule has 2 heterocycles. The minimum atomic E-state index is -0.788. The van der Waals surface area contributed by atoms with Crippen LogP contribution in [0.1, 0.15) is 75.9 Å². The van der Waals surface area contributed by atoms with E-state index in [4.69, 9.17) is 19.6 Å². The molecule has 0 spiro atoms. The summed E-state index contributed by atoms with van der Waals surface area (Å²) in [7, 11) is 1.96. The fraction of sp³-hybridized carbons (Fsp3) is 0.500. The van der Waals surface area contributed by atoms with Gasteiger partial charge in [-0.15, -0.1) is 0 Å². The van der Waals surface area contributed by atoms with Crippen LogP contribution >= 0.6 is 11.8 Å². The third kappa shape index (κ3) is 9.39. The lowest BCUT2D eigenvalue weighted by Gasteiger charge is -2.21. The topological polar surface area (TPSA) is 123 Å². The second-order valence-electron chi connectivity index (χ2n) is 9.80. The number of primary amides is 1. The molecule has 4 rings (SSSR count). The standard InChI is InChI=1S/C24H25FN2O4.C5H12S.C2H6.CH3NO/c1-13(15(10-28)12-31-22(30)11-29)7-21-24-18(9-27(21)3)17-6-4-5-16-14(2)19(25)8-20(26-24)23(16)17;1-4-6-5(2)3;1-2;2-1-3/h7-8,10,29H,4-6,9,11-12H2,1-3H3;5H,4H2,1-3H3;1-2H3;1H,(H2,2,3)/b15-13+,21-7-;;;. The highest BCUT2D eigenvalue weighted by Gasteiger charge is 2.30. The van der Waals surface area contributed by atoms with Gasteiger partial charge in [0.25, 0.3) is 0 Å². The van der Waals surface area contributed by atoms with Crippen molar-refractivity contribution in [3.05, 3.63) is 57.1 Å². The summed E-state index contributed by atoms with van der Waals surface area (Å²) in [5, 5.41) is 10.7. The number of carbonyl (C=O) groups is 3. The molecule has 2 aromatic rings. The maximum absolute atomic E-state index is 14.5. The first kappa shape index (κ1) is 36.8. The highest BCUT2D eigenvalue weighted by molar-refractivity contribution is 7.99. The molecule has 0 bridgehead atoms. The van der Waals surface area contributed by atoms with Crippen molar-refractivity contribution in [3.63, 3.8) is 0 Å². The Morgan fingerprint density at radius 3 is 2.38 bits per heavy atom. The molecule has 1 aliphatic heterocycles. The SMILES string of the molecule is CC.CC(/C=C1/c2nc3cc(F)c(C)c4c3c(c2CN1C)CCC4)=C(/C=O)COC(=O)CO.CCSC(C)C.NC=O. The van der Waals surface area contributed by atoms with Crippen molar-refractivity contribution in [2.75, 3.05) is 26.0 Å². The number of aryl methyl sites for hydroxylation is 2. The molecule has 1 amide bonds. The van der Waals surface area contributed by atoms with Crippen LogP contribution in [0.25, 0.3) is 16.6 Å². The summed E-state index contributed by atoms with van der Waals surface area (Å²) < 4.78 is 19.4. The summed E-state index contributed by atoms with van der Waals surface area (Å²) in [6.45, 7) is 14.0. The largest absolute Gasteiger partial charge is 0.459 e. The van der Waals surface area contributed by atoms with Gasteiger partial charge < -0.3 is 20.5 Å². The molecule has 0 fully saturated rings. The molecular formula is C32H46FN3O5S. The van der Waals surface area contributed by atoms with Gasteiger partial charge in [-0.1, -0.05) is 34.6 Å². The lowest BCUT2D eigenvalue weighted by molar-refractivity contribution is -0.145. The molecule has 2 aliphatic rings. The van der Waals surface area contributed by atoms with Gasteiger partial charge in [0.2, 0.25) is 6.41 Å². The van der Waals surface area contributed by atoms with E-state index < -0.39 is 12.6 Å². The van der Waals surface area contributed by atoms with Crippen LogP contribution in [-0.4, -0.2) is 64.9 Å². The van der Waals surface area contributed by atoms with Gasteiger partial charge in [0.15, 0.2) is 0 Å². The molecule has 232 valence electrons. The number of amides is 1. The molecule has 0 radical (unpaired) electrons. The number of hydrogen-bond acceptors (Lipinski definition) is 8. The number of fused-ring (bicyclic) bond motifs is 2. The Morgan fingerprint density at radius 2 is 1.86 bits per heavy atom. The van der Waals surface area contributed by atoms with Gasteiger partial charge in [0.05, 0.1) is 16.9 Å². The third-order valence-electron chi connectivity index (χ3n) is 6.74. The van der Waals surface area contributed by atoms with Crippen molar-refractivity contribution >= 4 is 47.0 Å². The van der Waals surface area contributed by atoms with E-state index in [0.717, 1.165) is 52.4 Å². The van der Waals surface area contributed by atoms with Crippen LogP contribution < -0.4 is 5.73 Å². The van der Waals surface area contributed by atoms with Crippen LogP contribution in [0.2, 0.25) is 0 Å². The van der Waals surface area contributed by atoms with Crippen molar-refractivity contribution in [2.45, 2.75) is 79.5 Å². The zero-order chi connectivity index (χ0) is 32.0. The zero-order valence-electron chi connectivity index (χ0n) is 26.2. The van der Waals surface area contributed by atoms with Crippen molar-refractivity contribution in [3.8, 4) is 0 Å². The first-order chi connectivity index (χ1) is 20.0. The van der Waals surface area contributed by atoms with Gasteiger partial charge in [-0.2, -0.15) is 11.8 Å². The molecule has 1 aromatic carbocycles. The van der Waals surface area contributed by atoms with E-state index in [1.807, 2.05) is 45.7 Å². The summed E-state index contributed by atoms with van der Waals surface area (Å²) in [6.07, 6.45) is 5.53. The van der Waals surface area contributed by atoms with Crippen LogP contribution in [0.15, 0.2) is 23.3 Å². The number of ether oxygens (including phenoxy) is 1. The molecule has 0 saturated carbocycles. The van der Waals surface area contributed by atoms with E-state index in [1.165, 1.54) is 17.4 Å². The first-order valence-electron chi connectivity index (χ1n) is 14.3. The fourth-order valence-corrected chi connectivity index (χ4v) is 5.53. The zero-order valence-corrected chi connectivity index (χ0v) is 27.0. The first-order valence-corrected chi connectivity index (χ1v) is 15.3. The third-order valence-corrected chi connectivity index (χ3v) is 7.74. The van der Waals surface area contributed by atoms with Gasteiger partial charge in [-0.05, 0) is 72.5 Å². The smallest absolute Gasteiger partial charge is 0.332 e. The summed E-state index contributed by atoms with van der Waals surface area (Å²) in [5.74, 6) is 0.227. The quantitative estimate of drug-likeness (QED) is 0.249. The van der Waals surface area contributed by atoms with Gasteiger partial charge in [-0.25, -0.2) is 14.2 Å². The Morgan fingerprint density at radius 1 is 1.24 bits per heavy atom. The molecule has 42 heavy (non-hydrogen) atoms. The number of esters is 1. The maximum atomic E-state index is 14.5. The predicted octanol–water partition coefficient (Wildman–Crippen LogP) is 5.28. The number of thioether (sulfide) groups is 1. The fourth-order valence-electron chi connectivity index (χ4n) is 4.86. The van der Waals surface area contributed by atoms with E-state index in [9.17, 15) is 14.0 Å². The van der Waals surface area contributed by atoms with Crippen molar-refractivity contribution in [1.29, 1.82) is 0 Å². The van der Waals surface area contributed by atoms with Crippen LogP contribution in [0, 0.1) is 12.7 Å². The number of aliphatic hydroxyl groups is 1. The van der Waals surface area contributed by atoms with E-state index in [2.05, 4.69) is 31.4 Å². The van der Waals surface area contributed by atoms with Crippen molar-refractivity contribution < 1.29 is 28.6 Å². The second-order valence-corrected chi connectivity index (χ2v) is 11.7. The predicted molar refractivity (Wildman–Crippen MR) is 170 cm³/mol. The summed E-state index contributed by atoms with van der Waals surface area (Å²) in [4.78, 5) is 38.2. The number of aliphatic hydroxyl groups excluding tert-OH is 1. The molecular weight excluding hydrogens is 557 g/mol. The molecule has 3 N–H and O–H groups in total. The molecule has 10 heteroatoms. The molecule has 8 nitrogen and oxygen atoms in total. The number of carbonyl (C=O) groups excluding carboxylic acids is 3. The van der Waals surface area contributed by atoms with Crippen LogP contribution in [0.4, 0.5) is 4.39 Å². The minimum absolute atomic E-state index is 0.209. The second kappa shape index (κ2) is 18.3. The highest BCUT2D eigenvalue weighted by Crippen LogP contribution is 2.41. The lowest BCUT2D eigenvalue weighted by atomic mass is 9.85. The van der Waals surface area contributed by atoms with Gasteiger partial charge in [0, 0.05) is 36.2 Å². The van der Waals surface area contributed by atoms with E-state index in [1.54, 1.807) is 6.92 Å². The highest BCUT2D eigenvalue weighted by atomic mass is 32.2. The molecule has 0 saturated heterocycles. The van der Waals surface area contributed by atoms with Gasteiger partial charge >= 0.3 is 5.97 Å². The number of aldehydes is 1. The number of hydrogen-bond donors (Lipinski definition) is 2. The number of aromatic nitrogens is 1. The van der Waals surface area contributed by atoms with Crippen LogP contribution in [0.5, 0.6) is 0 Å². The maximum Gasteiger partial charge on any atom is 0.332 e. The average Bonchev–Trinajstić information content (AvgIpc) is 3.28. The number of nitrogens with two attached hydrogens (primary N) is 1. The minimum Gasteiger partial charge on any atom is -0.459 e. The van der Waals surface area contributed by atoms with Crippen LogP contribution in [-0.2, 0) is 38.5 Å². The number of allylic oxidation sites excluding steroid dienone is 2. The number of halogens is 1. The lowest BCUT2D eigenvalue weighted by Crippen LogP contribution is -2.13. The van der Waals surface area contributed by atoms with E-state index in [-0.39, 0.29) is 18.8 Å². The number of benzene rings is 1. The van der Waals surface area contributed by atoms with E-state index in [0.29, 0.717) is 35.1 Å². The Balaban J connectivity index is 0.000000694. The molecule has 0 atom stereocenters. The Bertz CT molecular complexity index is 1310. The summed E-state index contributed by atoms with van der Waals surface area (Å²) in [5.41, 5.74) is 11.6. The normalized spacial score (nSPS) is 14.5. The van der Waals surface area contributed by atoms with E-state index >= 15 is 0 Å². The number of rotatable bonds is 7. The molecule has 0 unspecified atom stereocenters. The molecule has 1 aromatic heterocycles. The Labute approximate surface area is 253 Å². The van der Waals surface area contributed by atoms with Crippen LogP contribution in [0.3, 0.4) is 0 Å². The number of nitrogens with zero attached hydrogens (tertiary/aromatic N) is 2. The summed E-state index contributed by atoms with van der Waals surface area (Å²) >= 11 is 1.99. The Kier molecular flexibility index (Phi) is 16.1. The van der Waals surface area contributed by atoms with Gasteiger partial charge in [0.1, 0.15) is 25.3 Å². The molecule has 1 aliphatic carbocycles. The van der Waals surface area contributed by atoms with Crippen molar-refractivity contribution in [2.24, 2.45) is 5.73 Å². The average molecular weight is 604 g/mol. The summed E-state index contributed by atoms with van der Waals surface area (Å²) in [6, 6.07) is 1.52. The van der Waals surface area contributed by atoms with Gasteiger partial charge in [-0.3, -0.25) is 9.59 Å².